The second-order valence-electron chi connectivity index (χ2n) is 6.37. The minimum atomic E-state index is -0.719. The first kappa shape index (κ1) is 19.2. The Kier molecular flexibility index (Phi) is 6.07. The first-order valence-electron chi connectivity index (χ1n) is 8.95. The number of hydrogen-bond acceptors (Lipinski definition) is 3. The summed E-state index contributed by atoms with van der Waals surface area (Å²) in [6, 6.07) is 24.1. The van der Waals surface area contributed by atoms with E-state index in [1.807, 2.05) is 61.5 Å². The molecule has 0 saturated heterocycles. The first-order valence-corrected chi connectivity index (χ1v) is 8.95. The molecule has 0 heterocycles. The van der Waals surface area contributed by atoms with Crippen molar-refractivity contribution < 1.29 is 14.3 Å². The van der Waals surface area contributed by atoms with Crippen LogP contribution in [0.5, 0.6) is 5.75 Å². The smallest absolute Gasteiger partial charge is 0.316 e. The van der Waals surface area contributed by atoms with Crippen molar-refractivity contribution in [2.75, 3.05) is 17.3 Å². The van der Waals surface area contributed by atoms with Gasteiger partial charge in [0.1, 0.15) is 5.75 Å². The Bertz CT molecular complexity index is 956. The molecule has 2 amide bonds. The van der Waals surface area contributed by atoms with Crippen LogP contribution in [0.2, 0.25) is 0 Å². The zero-order valence-electron chi connectivity index (χ0n) is 15.9. The van der Waals surface area contributed by atoms with Crippen LogP contribution in [0.25, 0.3) is 0 Å². The molecular weight excluding hydrogens is 352 g/mol. The van der Waals surface area contributed by atoms with Gasteiger partial charge >= 0.3 is 11.8 Å². The quantitative estimate of drug-likeness (QED) is 0.682. The lowest BCUT2D eigenvalue weighted by Gasteiger charge is -2.22. The van der Waals surface area contributed by atoms with Gasteiger partial charge in [0, 0.05) is 5.69 Å². The van der Waals surface area contributed by atoms with Gasteiger partial charge in [-0.15, -0.1) is 0 Å². The zero-order chi connectivity index (χ0) is 19.9. The molecule has 3 aromatic rings. The number of nitrogens with one attached hydrogen (secondary N) is 1. The number of rotatable bonds is 5. The molecule has 0 fully saturated rings. The number of anilines is 2. The highest BCUT2D eigenvalue weighted by molar-refractivity contribution is 6.44. The van der Waals surface area contributed by atoms with Gasteiger partial charge in [-0.05, 0) is 42.3 Å². The molecule has 5 heteroatoms. The number of nitrogens with zero attached hydrogens (tertiary/aromatic N) is 1. The summed E-state index contributed by atoms with van der Waals surface area (Å²) in [7, 11) is 1.52. The molecule has 5 nitrogen and oxygen atoms in total. The lowest BCUT2D eigenvalue weighted by atomic mass is 10.2. The summed E-state index contributed by atoms with van der Waals surface area (Å²) in [6.45, 7) is 2.20. The number of hydrogen-bond donors (Lipinski definition) is 1. The topological polar surface area (TPSA) is 58.6 Å². The van der Waals surface area contributed by atoms with E-state index >= 15 is 0 Å². The minimum absolute atomic E-state index is 0.294. The molecule has 0 spiro atoms. The Morgan fingerprint density at radius 1 is 0.929 bits per heavy atom. The molecule has 0 aromatic heterocycles. The Labute approximate surface area is 164 Å². The summed E-state index contributed by atoms with van der Waals surface area (Å²) in [5.74, 6) is -0.858. The molecule has 1 N–H and O–H groups in total. The average molecular weight is 374 g/mol. The van der Waals surface area contributed by atoms with E-state index in [4.69, 9.17) is 4.74 Å². The fraction of sp³-hybridized carbons (Fsp3) is 0.130. The molecule has 0 aliphatic carbocycles. The molecule has 0 unspecified atom stereocenters. The van der Waals surface area contributed by atoms with Gasteiger partial charge in [0.25, 0.3) is 0 Å². The summed E-state index contributed by atoms with van der Waals surface area (Å²) in [5.41, 5.74) is 3.00. The van der Waals surface area contributed by atoms with Crippen molar-refractivity contribution in [1.82, 2.24) is 0 Å². The number of ether oxygens (including phenoxy) is 1. The zero-order valence-corrected chi connectivity index (χ0v) is 15.9. The maximum Gasteiger partial charge on any atom is 0.316 e. The fourth-order valence-corrected chi connectivity index (χ4v) is 2.87. The van der Waals surface area contributed by atoms with Crippen molar-refractivity contribution in [1.29, 1.82) is 0 Å². The van der Waals surface area contributed by atoms with Crippen molar-refractivity contribution in [2.24, 2.45) is 0 Å². The van der Waals surface area contributed by atoms with E-state index in [2.05, 4.69) is 5.32 Å². The van der Waals surface area contributed by atoms with Crippen molar-refractivity contribution in [3.8, 4) is 5.75 Å². The lowest BCUT2D eigenvalue weighted by Crippen LogP contribution is -2.39. The molecule has 28 heavy (non-hydrogen) atoms. The predicted octanol–water partition coefficient (Wildman–Crippen LogP) is 4.18. The number of amides is 2. The van der Waals surface area contributed by atoms with Crippen LogP contribution in [0.3, 0.4) is 0 Å². The monoisotopic (exact) mass is 374 g/mol. The van der Waals surface area contributed by atoms with Gasteiger partial charge in [-0.2, -0.15) is 0 Å². The summed E-state index contributed by atoms with van der Waals surface area (Å²) >= 11 is 0. The maximum atomic E-state index is 13.0. The molecule has 142 valence electrons. The van der Waals surface area contributed by atoms with E-state index in [1.165, 1.54) is 12.0 Å². The van der Waals surface area contributed by atoms with Gasteiger partial charge in [-0.3, -0.25) is 14.5 Å². The van der Waals surface area contributed by atoms with E-state index < -0.39 is 11.8 Å². The van der Waals surface area contributed by atoms with E-state index in [9.17, 15) is 9.59 Å². The number of aryl methyl sites for hydroxylation is 1. The van der Waals surface area contributed by atoms with Crippen LogP contribution in [0.4, 0.5) is 11.4 Å². The highest BCUT2D eigenvalue weighted by Crippen LogP contribution is 2.25. The van der Waals surface area contributed by atoms with Gasteiger partial charge in [0.15, 0.2) is 0 Å². The Hall–Kier alpha value is -3.60. The van der Waals surface area contributed by atoms with E-state index in [-0.39, 0.29) is 0 Å². The van der Waals surface area contributed by atoms with Crippen molar-refractivity contribution in [3.63, 3.8) is 0 Å². The fourth-order valence-electron chi connectivity index (χ4n) is 2.87. The first-order chi connectivity index (χ1) is 13.6. The van der Waals surface area contributed by atoms with Gasteiger partial charge in [-0.25, -0.2) is 0 Å². The lowest BCUT2D eigenvalue weighted by molar-refractivity contribution is -0.134. The second kappa shape index (κ2) is 8.86. The minimum Gasteiger partial charge on any atom is -0.495 e. The van der Waals surface area contributed by atoms with Gasteiger partial charge in [0.2, 0.25) is 0 Å². The van der Waals surface area contributed by atoms with Gasteiger partial charge in [-0.1, -0.05) is 54.6 Å². The predicted molar refractivity (Wildman–Crippen MR) is 110 cm³/mol. The molecule has 0 bridgehead atoms. The molecule has 0 aliphatic heterocycles. The normalized spacial score (nSPS) is 10.2. The van der Waals surface area contributed by atoms with E-state index in [0.29, 0.717) is 23.7 Å². The van der Waals surface area contributed by atoms with Crippen molar-refractivity contribution >= 4 is 23.2 Å². The van der Waals surface area contributed by atoms with Crippen LogP contribution in [0.15, 0.2) is 78.9 Å². The maximum absolute atomic E-state index is 13.0. The summed E-state index contributed by atoms with van der Waals surface area (Å²) < 4.78 is 5.28. The summed E-state index contributed by atoms with van der Waals surface area (Å²) in [5, 5.41) is 2.68. The molecule has 0 saturated carbocycles. The molecule has 0 atom stereocenters. The second-order valence-corrected chi connectivity index (χ2v) is 6.37. The van der Waals surface area contributed by atoms with Crippen LogP contribution in [-0.4, -0.2) is 18.9 Å². The highest BCUT2D eigenvalue weighted by atomic mass is 16.5. The molecular formula is C23H22N2O3. The van der Waals surface area contributed by atoms with Crippen LogP contribution < -0.4 is 15.0 Å². The average Bonchev–Trinajstić information content (AvgIpc) is 2.73. The van der Waals surface area contributed by atoms with Crippen LogP contribution in [0, 0.1) is 6.92 Å². The van der Waals surface area contributed by atoms with Gasteiger partial charge in [0.05, 0.1) is 19.3 Å². The third-order valence-electron chi connectivity index (χ3n) is 4.29. The largest absolute Gasteiger partial charge is 0.495 e. The van der Waals surface area contributed by atoms with E-state index in [0.717, 1.165) is 11.1 Å². The van der Waals surface area contributed by atoms with Gasteiger partial charge < -0.3 is 10.1 Å². The standard InChI is InChI=1S/C23H22N2O3/c1-17-13-14-21(28-2)20(15-17)24-22(26)23(27)25(19-11-7-4-8-12-19)16-18-9-5-3-6-10-18/h3-15H,16H2,1-2H3,(H,24,26). The number of para-hydroxylation sites is 1. The molecule has 0 aliphatic rings. The van der Waals surface area contributed by atoms with Crippen molar-refractivity contribution in [3.05, 3.63) is 90.0 Å². The Morgan fingerprint density at radius 2 is 1.57 bits per heavy atom. The Balaban J connectivity index is 1.86. The molecule has 3 rings (SSSR count). The third kappa shape index (κ3) is 4.57. The SMILES string of the molecule is COc1ccc(C)cc1NC(=O)C(=O)N(Cc1ccccc1)c1ccccc1. The number of carbonyl (C=O) groups is 2. The van der Waals surface area contributed by atoms with Crippen LogP contribution >= 0.6 is 0 Å². The number of methoxy groups -OCH3 is 1. The molecule has 3 aromatic carbocycles. The number of carbonyl (C=O) groups excluding carboxylic acids is 2. The number of benzene rings is 3. The van der Waals surface area contributed by atoms with E-state index in [1.54, 1.807) is 24.3 Å². The van der Waals surface area contributed by atoms with Crippen LogP contribution in [0.1, 0.15) is 11.1 Å². The third-order valence-corrected chi connectivity index (χ3v) is 4.29. The summed E-state index contributed by atoms with van der Waals surface area (Å²) in [4.78, 5) is 27.2. The van der Waals surface area contributed by atoms with Crippen LogP contribution in [-0.2, 0) is 16.1 Å². The van der Waals surface area contributed by atoms with Crippen molar-refractivity contribution in [2.45, 2.75) is 13.5 Å². The molecule has 0 radical (unpaired) electrons. The Morgan fingerprint density at radius 3 is 2.21 bits per heavy atom. The summed E-state index contributed by atoms with van der Waals surface area (Å²) in [6.07, 6.45) is 0. The highest BCUT2D eigenvalue weighted by Gasteiger charge is 2.24.